The van der Waals surface area contributed by atoms with Crippen LogP contribution in [0, 0.1) is 29.1 Å². The molecule has 2 N–H and O–H groups in total. The van der Waals surface area contributed by atoms with Crippen LogP contribution in [0.4, 0.5) is 5.69 Å². The summed E-state index contributed by atoms with van der Waals surface area (Å²) in [6, 6.07) is 19.8. The molecule has 2 saturated heterocycles. The Hall–Kier alpha value is -4.79. The highest BCUT2D eigenvalue weighted by molar-refractivity contribution is 6.24. The lowest BCUT2D eigenvalue weighted by atomic mass is 9.51. The molecule has 9 nitrogen and oxygen atoms in total. The smallest absolute Gasteiger partial charge is 0.303 e. The summed E-state index contributed by atoms with van der Waals surface area (Å²) in [6.07, 6.45) is 4.30. The number of amides is 4. The first kappa shape index (κ1) is 29.9. The standard InChI is InChI=1S/C37H36N2O7/c1-37-28(34(44)39(36(37)46)21-10-4-2-5-11-21)20-27-25(32(37)24-17-18-29(40)23-13-8-7-12-22(23)24)15-16-26-31(27)35(45)38(33(26)43)19-9-3-6-14-30(41)42/h2,4-5,7-8,10-13,15,17-18,26-28,31-32,40H,3,6,9,14,16,19-20H2,1H3,(H,41,42)/t26-,27+,28-,31-,32-,37+/m0/s1. The lowest BCUT2D eigenvalue weighted by molar-refractivity contribution is -0.141. The highest BCUT2D eigenvalue weighted by atomic mass is 16.4. The fourth-order valence-electron chi connectivity index (χ4n) is 8.75. The van der Waals surface area contributed by atoms with Gasteiger partial charge >= 0.3 is 5.97 Å². The monoisotopic (exact) mass is 620 g/mol. The van der Waals surface area contributed by atoms with Crippen LogP contribution in [-0.2, 0) is 24.0 Å². The number of imide groups is 2. The van der Waals surface area contributed by atoms with Crippen LogP contribution >= 0.6 is 0 Å². The minimum absolute atomic E-state index is 0.0444. The largest absolute Gasteiger partial charge is 0.507 e. The Morgan fingerprint density at radius 2 is 1.57 bits per heavy atom. The predicted octanol–water partition coefficient (Wildman–Crippen LogP) is 5.42. The first-order chi connectivity index (χ1) is 22.1. The van der Waals surface area contributed by atoms with Crippen molar-refractivity contribution >= 4 is 46.1 Å². The van der Waals surface area contributed by atoms with Crippen LogP contribution in [0.25, 0.3) is 10.8 Å². The van der Waals surface area contributed by atoms with Crippen LogP contribution in [0.3, 0.4) is 0 Å². The molecule has 3 aromatic carbocycles. The third-order valence-corrected chi connectivity index (χ3v) is 10.9. The van der Waals surface area contributed by atoms with Crippen molar-refractivity contribution in [2.45, 2.75) is 51.4 Å². The lowest BCUT2D eigenvalue weighted by Crippen LogP contribution is -2.49. The van der Waals surface area contributed by atoms with E-state index in [0.29, 0.717) is 36.8 Å². The number of aromatic hydroxyl groups is 1. The summed E-state index contributed by atoms with van der Waals surface area (Å²) < 4.78 is 0. The molecule has 0 radical (unpaired) electrons. The van der Waals surface area contributed by atoms with E-state index in [4.69, 9.17) is 5.11 Å². The molecular formula is C37H36N2O7. The van der Waals surface area contributed by atoms with Crippen molar-refractivity contribution in [3.8, 4) is 5.75 Å². The number of nitrogens with zero attached hydrogens (tertiary/aromatic N) is 2. The number of allylic oxidation sites excluding steroid dienone is 2. The van der Waals surface area contributed by atoms with Gasteiger partial charge in [-0.05, 0) is 67.7 Å². The van der Waals surface area contributed by atoms with Gasteiger partial charge in [-0.2, -0.15) is 0 Å². The Kier molecular flexibility index (Phi) is 7.30. The van der Waals surface area contributed by atoms with Crippen LogP contribution in [0.1, 0.15) is 56.9 Å². The van der Waals surface area contributed by atoms with Crippen LogP contribution < -0.4 is 4.90 Å². The van der Waals surface area contributed by atoms with E-state index in [2.05, 4.69) is 0 Å². The summed E-state index contributed by atoms with van der Waals surface area (Å²) in [5.41, 5.74) is 1.03. The Bertz CT molecular complexity index is 1820. The lowest BCUT2D eigenvalue weighted by Gasteiger charge is -2.49. The number of phenolic OH excluding ortho intramolecular Hbond substituents is 1. The number of para-hydroxylation sites is 1. The second kappa shape index (κ2) is 11.2. The predicted molar refractivity (Wildman–Crippen MR) is 169 cm³/mol. The molecule has 0 unspecified atom stereocenters. The number of anilines is 1. The average Bonchev–Trinajstić information content (AvgIpc) is 3.41. The molecule has 4 amide bonds. The summed E-state index contributed by atoms with van der Waals surface area (Å²) in [4.78, 5) is 70.2. The number of carbonyl (C=O) groups excluding carboxylic acids is 4. The zero-order chi connectivity index (χ0) is 32.3. The molecule has 3 aromatic rings. The van der Waals surface area contributed by atoms with E-state index in [9.17, 15) is 29.1 Å². The van der Waals surface area contributed by atoms with E-state index in [-0.39, 0.29) is 48.8 Å². The molecule has 236 valence electrons. The molecule has 0 aromatic heterocycles. The number of unbranched alkanes of at least 4 members (excludes halogenated alkanes) is 2. The number of carbonyl (C=O) groups is 5. The van der Waals surface area contributed by atoms with E-state index in [1.54, 1.807) is 30.3 Å². The van der Waals surface area contributed by atoms with Crippen molar-refractivity contribution in [1.29, 1.82) is 0 Å². The van der Waals surface area contributed by atoms with Crippen molar-refractivity contribution in [1.82, 2.24) is 4.90 Å². The van der Waals surface area contributed by atoms with Gasteiger partial charge in [0.1, 0.15) is 5.75 Å². The molecule has 0 spiro atoms. The average molecular weight is 621 g/mol. The van der Waals surface area contributed by atoms with Gasteiger partial charge in [0.05, 0.1) is 28.9 Å². The highest BCUT2D eigenvalue weighted by Gasteiger charge is 2.67. The van der Waals surface area contributed by atoms with Gasteiger partial charge in [0, 0.05) is 24.3 Å². The number of aliphatic carboxylic acids is 1. The van der Waals surface area contributed by atoms with Crippen LogP contribution in [0.2, 0.25) is 0 Å². The Labute approximate surface area is 266 Å². The number of carboxylic acid groups (broad SMARTS) is 1. The maximum Gasteiger partial charge on any atom is 0.303 e. The minimum Gasteiger partial charge on any atom is -0.507 e. The maximum atomic E-state index is 14.6. The van der Waals surface area contributed by atoms with Gasteiger partial charge in [0.2, 0.25) is 23.6 Å². The summed E-state index contributed by atoms with van der Waals surface area (Å²) in [5, 5.41) is 21.1. The molecular weight excluding hydrogens is 584 g/mol. The van der Waals surface area contributed by atoms with Gasteiger partial charge < -0.3 is 10.2 Å². The Morgan fingerprint density at radius 1 is 0.848 bits per heavy atom. The molecule has 2 heterocycles. The summed E-state index contributed by atoms with van der Waals surface area (Å²) >= 11 is 0. The third-order valence-electron chi connectivity index (χ3n) is 10.9. The van der Waals surface area contributed by atoms with Crippen molar-refractivity contribution in [3.63, 3.8) is 0 Å². The molecule has 6 atom stereocenters. The third kappa shape index (κ3) is 4.39. The van der Waals surface area contributed by atoms with Gasteiger partial charge in [-0.1, -0.05) is 66.6 Å². The topological polar surface area (TPSA) is 132 Å². The van der Waals surface area contributed by atoms with Crippen molar-refractivity contribution in [2.24, 2.45) is 29.1 Å². The number of fused-ring (bicyclic) bond motifs is 5. The SMILES string of the molecule is C[C@@]12C(=O)N(c3ccccc3)C(=O)[C@@H]1C[C@@H]1C(=CC[C@@H]3C(=O)N(CCCCCC(=O)O)C(=O)[C@@H]31)[C@@H]2c1ccc(O)c2ccccc12. The second-order valence-electron chi connectivity index (χ2n) is 13.2. The quantitative estimate of drug-likeness (QED) is 0.195. The fraction of sp³-hybridized carbons (Fsp3) is 0.378. The summed E-state index contributed by atoms with van der Waals surface area (Å²) in [7, 11) is 0. The number of likely N-dealkylation sites (tertiary alicyclic amines) is 1. The zero-order valence-electron chi connectivity index (χ0n) is 25.6. The number of carboxylic acids is 1. The number of rotatable bonds is 8. The van der Waals surface area contributed by atoms with Gasteiger partial charge in [-0.25, -0.2) is 4.90 Å². The second-order valence-corrected chi connectivity index (χ2v) is 13.2. The number of hydrogen-bond acceptors (Lipinski definition) is 6. The summed E-state index contributed by atoms with van der Waals surface area (Å²) in [6.45, 7) is 2.10. The van der Waals surface area contributed by atoms with E-state index < -0.39 is 41.0 Å². The molecule has 3 fully saturated rings. The van der Waals surface area contributed by atoms with Crippen molar-refractivity contribution in [3.05, 3.63) is 83.9 Å². The zero-order valence-corrected chi connectivity index (χ0v) is 25.6. The van der Waals surface area contributed by atoms with Gasteiger partial charge in [0.25, 0.3) is 0 Å². The Morgan fingerprint density at radius 3 is 2.30 bits per heavy atom. The molecule has 46 heavy (non-hydrogen) atoms. The molecule has 1 saturated carbocycles. The molecule has 7 rings (SSSR count). The maximum absolute atomic E-state index is 14.6. The first-order valence-corrected chi connectivity index (χ1v) is 16.1. The van der Waals surface area contributed by atoms with Gasteiger partial charge in [-0.3, -0.25) is 28.9 Å². The molecule has 4 aliphatic rings. The van der Waals surface area contributed by atoms with Crippen LogP contribution in [-0.4, -0.2) is 51.3 Å². The molecule has 2 aliphatic heterocycles. The number of phenols is 1. The number of hydrogen-bond donors (Lipinski definition) is 2. The normalized spacial score (nSPS) is 28.7. The van der Waals surface area contributed by atoms with Crippen molar-refractivity contribution in [2.75, 3.05) is 11.4 Å². The molecule has 9 heteroatoms. The Balaban J connectivity index is 1.32. The van der Waals surface area contributed by atoms with Crippen LogP contribution in [0.5, 0.6) is 5.75 Å². The summed E-state index contributed by atoms with van der Waals surface area (Å²) in [5.74, 6) is -4.74. The van der Waals surface area contributed by atoms with Gasteiger partial charge in [-0.15, -0.1) is 0 Å². The molecule has 0 bridgehead atoms. The minimum atomic E-state index is -1.17. The van der Waals surface area contributed by atoms with Crippen molar-refractivity contribution < 1.29 is 34.2 Å². The van der Waals surface area contributed by atoms with Crippen LogP contribution in [0.15, 0.2) is 78.4 Å². The molecule has 2 aliphatic carbocycles. The van der Waals surface area contributed by atoms with E-state index >= 15 is 0 Å². The number of benzene rings is 3. The van der Waals surface area contributed by atoms with E-state index in [1.807, 2.05) is 49.4 Å². The van der Waals surface area contributed by atoms with E-state index in [0.717, 1.165) is 16.5 Å². The highest BCUT2D eigenvalue weighted by Crippen LogP contribution is 2.64. The fourth-order valence-corrected chi connectivity index (χ4v) is 8.75. The van der Waals surface area contributed by atoms with Gasteiger partial charge in [0.15, 0.2) is 0 Å². The first-order valence-electron chi connectivity index (χ1n) is 16.1. The van der Waals surface area contributed by atoms with E-state index in [1.165, 1.54) is 9.80 Å².